The fourth-order valence-corrected chi connectivity index (χ4v) is 2.46. The summed E-state index contributed by atoms with van der Waals surface area (Å²) in [7, 11) is 0. The van der Waals surface area contributed by atoms with Gasteiger partial charge in [-0.1, -0.05) is 60.7 Å². The second kappa shape index (κ2) is 7.36. The lowest BCUT2D eigenvalue weighted by Gasteiger charge is -2.30. The minimum atomic E-state index is -0.178. The Labute approximate surface area is 126 Å². The molecule has 0 aliphatic rings. The topological polar surface area (TPSA) is 61.3 Å². The van der Waals surface area contributed by atoms with Gasteiger partial charge in [0.2, 0.25) is 0 Å². The largest absolute Gasteiger partial charge is 0.362 e. The molecule has 0 saturated heterocycles. The molecule has 0 aromatic heterocycles. The Morgan fingerprint density at radius 1 is 0.667 bits per heavy atom. The first kappa shape index (κ1) is 15.7. The summed E-state index contributed by atoms with van der Waals surface area (Å²) >= 11 is 0. The first-order valence-electron chi connectivity index (χ1n) is 7.36. The van der Waals surface area contributed by atoms with Crippen molar-refractivity contribution in [1.82, 2.24) is 0 Å². The molecule has 4 N–H and O–H groups in total. The van der Waals surface area contributed by atoms with Crippen LogP contribution in [0.15, 0.2) is 60.7 Å². The highest BCUT2D eigenvalue weighted by molar-refractivity contribution is 5.22. The Hall–Kier alpha value is -1.68. The van der Waals surface area contributed by atoms with Crippen molar-refractivity contribution in [1.29, 1.82) is 0 Å². The van der Waals surface area contributed by atoms with E-state index in [0.717, 1.165) is 11.1 Å². The number of nitrogens with two attached hydrogens (primary N) is 2. The van der Waals surface area contributed by atoms with Gasteiger partial charge in [-0.3, -0.25) is 0 Å². The molecule has 2 rings (SSSR count). The van der Waals surface area contributed by atoms with Crippen LogP contribution < -0.4 is 11.5 Å². The van der Waals surface area contributed by atoms with E-state index in [2.05, 4.69) is 0 Å². The van der Waals surface area contributed by atoms with Crippen molar-refractivity contribution >= 4 is 0 Å². The number of rotatable bonds is 6. The summed E-state index contributed by atoms with van der Waals surface area (Å²) in [5.74, 6) is 0. The molecular formula is C18H24N2O. The molecule has 0 bridgehead atoms. The summed E-state index contributed by atoms with van der Waals surface area (Å²) in [6.07, 6.45) is -0.357. The normalized spacial score (nSPS) is 17.0. The maximum Gasteiger partial charge on any atom is 0.0982 e. The SMILES string of the molecule is CC(N)[C@@H](O[C@@H](c1ccccc1)C(C)N)c1ccccc1. The van der Waals surface area contributed by atoms with E-state index < -0.39 is 0 Å². The molecule has 0 aliphatic heterocycles. The fourth-order valence-electron chi connectivity index (χ4n) is 2.46. The highest BCUT2D eigenvalue weighted by Gasteiger charge is 2.25. The molecule has 0 saturated carbocycles. The van der Waals surface area contributed by atoms with Crippen molar-refractivity contribution in [2.75, 3.05) is 0 Å². The Bertz CT molecular complexity index is 476. The lowest BCUT2D eigenvalue weighted by atomic mass is 10.0. The predicted molar refractivity (Wildman–Crippen MR) is 86.7 cm³/mol. The molecule has 2 unspecified atom stereocenters. The van der Waals surface area contributed by atoms with E-state index in [4.69, 9.17) is 16.2 Å². The molecule has 0 heterocycles. The van der Waals surface area contributed by atoms with Gasteiger partial charge in [0.1, 0.15) is 0 Å². The van der Waals surface area contributed by atoms with E-state index in [-0.39, 0.29) is 24.3 Å². The maximum atomic E-state index is 6.30. The zero-order valence-electron chi connectivity index (χ0n) is 12.6. The van der Waals surface area contributed by atoms with Crippen molar-refractivity contribution in [2.24, 2.45) is 11.5 Å². The number of hydrogen-bond acceptors (Lipinski definition) is 3. The fraction of sp³-hybridized carbons (Fsp3) is 0.333. The van der Waals surface area contributed by atoms with Gasteiger partial charge in [0.25, 0.3) is 0 Å². The van der Waals surface area contributed by atoms with Crippen molar-refractivity contribution in [3.63, 3.8) is 0 Å². The highest BCUT2D eigenvalue weighted by Crippen LogP contribution is 2.30. The molecule has 3 heteroatoms. The number of benzene rings is 2. The average Bonchev–Trinajstić information content (AvgIpc) is 2.49. The van der Waals surface area contributed by atoms with Gasteiger partial charge in [-0.15, -0.1) is 0 Å². The lowest BCUT2D eigenvalue weighted by Crippen LogP contribution is -2.33. The van der Waals surface area contributed by atoms with Gasteiger partial charge >= 0.3 is 0 Å². The second-order valence-electron chi connectivity index (χ2n) is 5.52. The Morgan fingerprint density at radius 3 is 1.29 bits per heavy atom. The third-order valence-electron chi connectivity index (χ3n) is 3.50. The molecule has 112 valence electrons. The second-order valence-corrected chi connectivity index (χ2v) is 5.52. The van der Waals surface area contributed by atoms with Gasteiger partial charge in [0.15, 0.2) is 0 Å². The van der Waals surface area contributed by atoms with Crippen molar-refractivity contribution in [3.05, 3.63) is 71.8 Å². The summed E-state index contributed by atoms with van der Waals surface area (Å²) in [6, 6.07) is 19.9. The van der Waals surface area contributed by atoms with Crippen LogP contribution in [-0.2, 0) is 4.74 Å². The average molecular weight is 284 g/mol. The minimum Gasteiger partial charge on any atom is -0.362 e. The minimum absolute atomic E-state index is 0.114. The number of hydrogen-bond donors (Lipinski definition) is 2. The summed E-state index contributed by atoms with van der Waals surface area (Å²) in [5, 5.41) is 0. The van der Waals surface area contributed by atoms with Gasteiger partial charge in [-0.25, -0.2) is 0 Å². The van der Waals surface area contributed by atoms with Crippen LogP contribution in [0.4, 0.5) is 0 Å². The van der Waals surface area contributed by atoms with Crippen molar-refractivity contribution in [2.45, 2.75) is 38.1 Å². The zero-order chi connectivity index (χ0) is 15.2. The molecule has 4 atom stereocenters. The van der Waals surface area contributed by atoms with Crippen LogP contribution in [0.1, 0.15) is 37.2 Å². The van der Waals surface area contributed by atoms with Crippen molar-refractivity contribution < 1.29 is 4.74 Å². The summed E-state index contributed by atoms with van der Waals surface area (Å²) in [6.45, 7) is 3.92. The van der Waals surface area contributed by atoms with E-state index in [1.807, 2.05) is 74.5 Å². The zero-order valence-corrected chi connectivity index (χ0v) is 12.6. The van der Waals surface area contributed by atoms with Crippen LogP contribution in [0.25, 0.3) is 0 Å². The lowest BCUT2D eigenvalue weighted by molar-refractivity contribution is -0.0358. The van der Waals surface area contributed by atoms with Crippen LogP contribution in [0.3, 0.4) is 0 Å². The van der Waals surface area contributed by atoms with Crippen LogP contribution in [0.2, 0.25) is 0 Å². The molecule has 2 aromatic rings. The monoisotopic (exact) mass is 284 g/mol. The van der Waals surface area contributed by atoms with Crippen LogP contribution in [0, 0.1) is 0 Å². The van der Waals surface area contributed by atoms with E-state index >= 15 is 0 Å². The summed E-state index contributed by atoms with van der Waals surface area (Å²) in [4.78, 5) is 0. The summed E-state index contributed by atoms with van der Waals surface area (Å²) in [5.41, 5.74) is 14.4. The van der Waals surface area contributed by atoms with Crippen molar-refractivity contribution in [3.8, 4) is 0 Å². The van der Waals surface area contributed by atoms with Crippen LogP contribution >= 0.6 is 0 Å². The third-order valence-corrected chi connectivity index (χ3v) is 3.50. The molecule has 21 heavy (non-hydrogen) atoms. The smallest absolute Gasteiger partial charge is 0.0982 e. The van der Waals surface area contributed by atoms with E-state index in [0.29, 0.717) is 0 Å². The highest BCUT2D eigenvalue weighted by atomic mass is 16.5. The maximum absolute atomic E-state index is 6.30. The van der Waals surface area contributed by atoms with Gasteiger partial charge < -0.3 is 16.2 Å². The third kappa shape index (κ3) is 4.14. The summed E-state index contributed by atoms with van der Waals surface area (Å²) < 4.78 is 6.30. The molecule has 0 aliphatic carbocycles. The predicted octanol–water partition coefficient (Wildman–Crippen LogP) is 3.18. The molecule has 0 radical (unpaired) electrons. The van der Waals surface area contributed by atoms with Gasteiger partial charge in [-0.05, 0) is 25.0 Å². The van der Waals surface area contributed by atoms with Gasteiger partial charge in [0.05, 0.1) is 12.2 Å². The molecule has 0 spiro atoms. The Balaban J connectivity index is 2.25. The number of ether oxygens (including phenoxy) is 1. The molecule has 0 fully saturated rings. The van der Waals surface area contributed by atoms with E-state index in [9.17, 15) is 0 Å². The van der Waals surface area contributed by atoms with Crippen LogP contribution in [0.5, 0.6) is 0 Å². The Morgan fingerprint density at radius 2 is 1.00 bits per heavy atom. The quantitative estimate of drug-likeness (QED) is 0.856. The van der Waals surface area contributed by atoms with Gasteiger partial charge in [0, 0.05) is 12.1 Å². The first-order chi connectivity index (χ1) is 10.1. The molecule has 3 nitrogen and oxygen atoms in total. The van der Waals surface area contributed by atoms with E-state index in [1.165, 1.54) is 0 Å². The molecule has 0 amide bonds. The van der Waals surface area contributed by atoms with Gasteiger partial charge in [-0.2, -0.15) is 0 Å². The van der Waals surface area contributed by atoms with Crippen LogP contribution in [-0.4, -0.2) is 12.1 Å². The molecular weight excluding hydrogens is 260 g/mol. The Kier molecular flexibility index (Phi) is 5.51. The van der Waals surface area contributed by atoms with E-state index in [1.54, 1.807) is 0 Å². The standard InChI is InChI=1S/C18H24N2O/c1-13(19)17(15-9-5-3-6-10-15)21-18(14(2)20)16-11-7-4-8-12-16/h3-14,17-18H,19-20H2,1-2H3/t13?,14?,17-,18-/m1/s1. The molecule has 2 aromatic carbocycles. The first-order valence-corrected chi connectivity index (χ1v) is 7.36.